The first kappa shape index (κ1) is 13.7. The average Bonchev–Trinajstić information content (AvgIpc) is 2.43. The third-order valence-electron chi connectivity index (χ3n) is 2.57. The van der Waals surface area contributed by atoms with E-state index in [4.69, 9.17) is 25.2 Å². The highest BCUT2D eigenvalue weighted by molar-refractivity contribution is 5.75. The van der Waals surface area contributed by atoms with Gasteiger partial charge >= 0.3 is 0 Å². The molecule has 0 unspecified atom stereocenters. The summed E-state index contributed by atoms with van der Waals surface area (Å²) in [4.78, 5) is 0. The van der Waals surface area contributed by atoms with Gasteiger partial charge in [0.15, 0.2) is 11.5 Å². The molecule has 0 fully saturated rings. The predicted molar refractivity (Wildman–Crippen MR) is 68.5 cm³/mol. The maximum atomic E-state index is 8.87. The molecule has 1 rings (SSSR count). The van der Waals surface area contributed by atoms with Crippen molar-refractivity contribution >= 4 is 5.70 Å². The zero-order valence-corrected chi connectivity index (χ0v) is 10.9. The highest BCUT2D eigenvalue weighted by Crippen LogP contribution is 2.37. The molecule has 0 saturated carbocycles. The Bertz CT molecular complexity index is 516. The van der Waals surface area contributed by atoms with E-state index < -0.39 is 0 Å². The van der Waals surface area contributed by atoms with Gasteiger partial charge < -0.3 is 19.9 Å². The van der Waals surface area contributed by atoms with Gasteiger partial charge in [-0.05, 0) is 13.0 Å². The van der Waals surface area contributed by atoms with Crippen LogP contribution >= 0.6 is 0 Å². The van der Waals surface area contributed by atoms with Crippen LogP contribution in [-0.4, -0.2) is 21.3 Å². The predicted octanol–water partition coefficient (Wildman–Crippen LogP) is 1.93. The molecule has 0 heterocycles. The Morgan fingerprint density at radius 3 is 2.00 bits per heavy atom. The van der Waals surface area contributed by atoms with Gasteiger partial charge in [-0.15, -0.1) is 0 Å². The van der Waals surface area contributed by atoms with Crippen molar-refractivity contribution in [2.45, 2.75) is 6.92 Å². The molecule has 0 spiro atoms. The molecule has 2 N–H and O–H groups in total. The van der Waals surface area contributed by atoms with E-state index in [9.17, 15) is 0 Å². The molecule has 1 aromatic rings. The van der Waals surface area contributed by atoms with E-state index in [1.807, 2.05) is 6.07 Å². The molecule has 1 aromatic carbocycles. The lowest BCUT2D eigenvalue weighted by atomic mass is 10.1. The van der Waals surface area contributed by atoms with E-state index in [1.165, 1.54) is 21.3 Å². The van der Waals surface area contributed by atoms with Crippen LogP contribution in [0.3, 0.4) is 0 Å². The fourth-order valence-electron chi connectivity index (χ4n) is 1.50. The lowest BCUT2D eigenvalue weighted by Crippen LogP contribution is -2.03. The summed E-state index contributed by atoms with van der Waals surface area (Å²) < 4.78 is 15.6. The molecule has 0 aliphatic heterocycles. The minimum absolute atomic E-state index is 0.357. The van der Waals surface area contributed by atoms with Gasteiger partial charge in [-0.25, -0.2) is 0 Å². The van der Waals surface area contributed by atoms with Crippen LogP contribution in [0.5, 0.6) is 17.2 Å². The highest BCUT2D eigenvalue weighted by Gasteiger charge is 2.14. The molecule has 0 radical (unpaired) electrons. The standard InChI is InChI=1S/C13H16N2O3/c1-8(7-14)13(15)9-5-11(17-3)12(18-4)6-10(9)16-2/h5-6H,15H2,1-4H3/b13-8+. The summed E-state index contributed by atoms with van der Waals surface area (Å²) >= 11 is 0. The highest BCUT2D eigenvalue weighted by atomic mass is 16.5. The zero-order valence-electron chi connectivity index (χ0n) is 10.9. The smallest absolute Gasteiger partial charge is 0.164 e. The molecule has 96 valence electrons. The lowest BCUT2D eigenvalue weighted by molar-refractivity contribution is 0.348. The summed E-state index contributed by atoms with van der Waals surface area (Å²) in [5.74, 6) is 1.60. The topological polar surface area (TPSA) is 77.5 Å². The zero-order chi connectivity index (χ0) is 13.7. The van der Waals surface area contributed by atoms with Crippen LogP contribution in [0.25, 0.3) is 5.70 Å². The second kappa shape index (κ2) is 5.82. The van der Waals surface area contributed by atoms with Crippen LogP contribution < -0.4 is 19.9 Å². The molecule has 0 aliphatic rings. The van der Waals surface area contributed by atoms with E-state index in [-0.39, 0.29) is 0 Å². The van der Waals surface area contributed by atoms with Gasteiger partial charge in [-0.2, -0.15) is 5.26 Å². The summed E-state index contributed by atoms with van der Waals surface area (Å²) in [6, 6.07) is 5.37. The first-order chi connectivity index (χ1) is 8.58. The van der Waals surface area contributed by atoms with Crippen molar-refractivity contribution in [3.05, 3.63) is 23.3 Å². The third kappa shape index (κ3) is 2.48. The fourth-order valence-corrected chi connectivity index (χ4v) is 1.50. The maximum absolute atomic E-state index is 8.87. The summed E-state index contributed by atoms with van der Waals surface area (Å²) in [6.45, 7) is 1.64. The summed E-state index contributed by atoms with van der Waals surface area (Å²) in [5.41, 5.74) is 7.30. The van der Waals surface area contributed by atoms with Gasteiger partial charge in [0.25, 0.3) is 0 Å². The SMILES string of the molecule is COc1cc(OC)c(/C(N)=C(/C)C#N)cc1OC. The van der Waals surface area contributed by atoms with Crippen molar-refractivity contribution in [1.29, 1.82) is 5.26 Å². The number of benzene rings is 1. The number of allylic oxidation sites excluding steroid dienone is 1. The monoisotopic (exact) mass is 248 g/mol. The Kier molecular flexibility index (Phi) is 4.44. The molecule has 18 heavy (non-hydrogen) atoms. The van der Waals surface area contributed by atoms with Crippen molar-refractivity contribution in [3.8, 4) is 23.3 Å². The van der Waals surface area contributed by atoms with Gasteiger partial charge in [0, 0.05) is 11.6 Å². The first-order valence-electron chi connectivity index (χ1n) is 5.25. The number of hydrogen-bond acceptors (Lipinski definition) is 5. The normalized spacial score (nSPS) is 11.3. The Labute approximate surface area is 106 Å². The van der Waals surface area contributed by atoms with E-state index in [2.05, 4.69) is 0 Å². The Morgan fingerprint density at radius 1 is 1.06 bits per heavy atom. The molecule has 0 aliphatic carbocycles. The number of hydrogen-bond donors (Lipinski definition) is 1. The minimum atomic E-state index is 0.357. The average molecular weight is 248 g/mol. The molecule has 0 bridgehead atoms. The van der Waals surface area contributed by atoms with Crippen LogP contribution in [0.4, 0.5) is 0 Å². The number of rotatable bonds is 4. The molecular weight excluding hydrogens is 232 g/mol. The van der Waals surface area contributed by atoms with Gasteiger partial charge in [0.1, 0.15) is 5.75 Å². The third-order valence-corrected chi connectivity index (χ3v) is 2.57. The molecule has 0 atom stereocenters. The number of methoxy groups -OCH3 is 3. The summed E-state index contributed by atoms with van der Waals surface area (Å²) in [7, 11) is 4.60. The van der Waals surface area contributed by atoms with Crippen molar-refractivity contribution < 1.29 is 14.2 Å². The summed E-state index contributed by atoms with van der Waals surface area (Å²) in [6.07, 6.45) is 0. The second-order valence-corrected chi connectivity index (χ2v) is 3.56. The number of nitrogens with two attached hydrogens (primary N) is 1. The van der Waals surface area contributed by atoms with Gasteiger partial charge in [-0.3, -0.25) is 0 Å². The fraction of sp³-hybridized carbons (Fsp3) is 0.308. The van der Waals surface area contributed by atoms with Crippen LogP contribution in [0, 0.1) is 11.3 Å². The first-order valence-corrected chi connectivity index (χ1v) is 5.25. The van der Waals surface area contributed by atoms with E-state index in [1.54, 1.807) is 19.1 Å². The van der Waals surface area contributed by atoms with Crippen LogP contribution in [-0.2, 0) is 0 Å². The van der Waals surface area contributed by atoms with Crippen molar-refractivity contribution in [3.63, 3.8) is 0 Å². The van der Waals surface area contributed by atoms with Crippen molar-refractivity contribution in [2.75, 3.05) is 21.3 Å². The van der Waals surface area contributed by atoms with E-state index >= 15 is 0 Å². The maximum Gasteiger partial charge on any atom is 0.164 e. The number of nitrogens with zero attached hydrogens (tertiary/aromatic N) is 1. The van der Waals surface area contributed by atoms with Gasteiger partial charge in [0.05, 0.1) is 38.7 Å². The molecular formula is C13H16N2O3. The molecule has 0 amide bonds. The molecule has 0 saturated heterocycles. The van der Waals surface area contributed by atoms with Crippen LogP contribution in [0.15, 0.2) is 17.7 Å². The summed E-state index contributed by atoms with van der Waals surface area (Å²) in [5, 5.41) is 8.87. The van der Waals surface area contributed by atoms with Gasteiger partial charge in [0.2, 0.25) is 0 Å². The quantitative estimate of drug-likeness (QED) is 0.824. The minimum Gasteiger partial charge on any atom is -0.496 e. The van der Waals surface area contributed by atoms with Crippen molar-refractivity contribution in [2.24, 2.45) is 5.73 Å². The Morgan fingerprint density at radius 2 is 1.56 bits per heavy atom. The molecule has 5 nitrogen and oxygen atoms in total. The Hall–Kier alpha value is -2.35. The molecule has 0 aromatic heterocycles. The van der Waals surface area contributed by atoms with Crippen LogP contribution in [0.2, 0.25) is 0 Å². The Balaban J connectivity index is 3.49. The second-order valence-electron chi connectivity index (χ2n) is 3.56. The van der Waals surface area contributed by atoms with E-state index in [0.717, 1.165) is 0 Å². The van der Waals surface area contributed by atoms with Crippen molar-refractivity contribution in [1.82, 2.24) is 0 Å². The number of nitriles is 1. The molecule has 5 heteroatoms. The van der Waals surface area contributed by atoms with Gasteiger partial charge in [-0.1, -0.05) is 0 Å². The van der Waals surface area contributed by atoms with Crippen LogP contribution in [0.1, 0.15) is 12.5 Å². The van der Waals surface area contributed by atoms with E-state index in [0.29, 0.717) is 34.1 Å². The lowest BCUT2D eigenvalue weighted by Gasteiger charge is -2.14. The number of ether oxygens (including phenoxy) is 3. The largest absolute Gasteiger partial charge is 0.496 e.